The van der Waals surface area contributed by atoms with Gasteiger partial charge < -0.3 is 10.4 Å². The van der Waals surface area contributed by atoms with Crippen molar-refractivity contribution < 1.29 is 18.8 Å². The molecule has 0 amide bonds. The summed E-state index contributed by atoms with van der Waals surface area (Å²) in [4.78, 5) is 10.2. The minimum atomic E-state index is -3.34. The van der Waals surface area contributed by atoms with Gasteiger partial charge in [0, 0.05) is 7.05 Å². The molecule has 1 aromatic rings. The molecule has 7 nitrogen and oxygen atoms in total. The predicted octanol–water partition coefficient (Wildman–Crippen LogP) is 0.930. The summed E-state index contributed by atoms with van der Waals surface area (Å²) in [5.41, 5.74) is -0.0916. The first-order chi connectivity index (χ1) is 8.32. The Labute approximate surface area is 102 Å². The Hall–Kier alpha value is -1.77. The van der Waals surface area contributed by atoms with Crippen LogP contribution in [0.15, 0.2) is 0 Å². The lowest BCUT2D eigenvalue weighted by Crippen LogP contribution is -2.31. The number of hydrogen-bond acceptors (Lipinski definition) is 5. The first-order valence-corrected chi connectivity index (χ1v) is 5.25. The molecule has 9 heteroatoms. The van der Waals surface area contributed by atoms with Crippen molar-refractivity contribution in [1.82, 2.24) is 9.78 Å². The predicted molar refractivity (Wildman–Crippen MR) is 59.8 cm³/mol. The van der Waals surface area contributed by atoms with E-state index in [-0.39, 0.29) is 17.2 Å². The molecule has 0 spiro atoms. The second-order valence-corrected chi connectivity index (χ2v) is 3.75. The van der Waals surface area contributed by atoms with Crippen molar-refractivity contribution in [2.24, 2.45) is 7.05 Å². The largest absolute Gasteiger partial charge is 0.390 e. The first kappa shape index (κ1) is 14.3. The van der Waals surface area contributed by atoms with E-state index in [0.717, 1.165) is 4.68 Å². The molecule has 0 aliphatic rings. The number of halogens is 2. The monoisotopic (exact) mass is 264 g/mol. The zero-order valence-electron chi connectivity index (χ0n) is 9.98. The molecule has 0 aliphatic heterocycles. The average Bonchev–Trinajstić information content (AvgIpc) is 2.63. The third-order valence-corrected chi connectivity index (χ3v) is 2.36. The van der Waals surface area contributed by atoms with Crippen LogP contribution in [0.2, 0.25) is 0 Å². The second kappa shape index (κ2) is 5.25. The highest BCUT2D eigenvalue weighted by Gasteiger charge is 2.31. The Morgan fingerprint density at radius 2 is 2.22 bits per heavy atom. The van der Waals surface area contributed by atoms with Gasteiger partial charge in [0.1, 0.15) is 12.3 Å². The van der Waals surface area contributed by atoms with E-state index in [0.29, 0.717) is 6.42 Å². The van der Waals surface area contributed by atoms with Gasteiger partial charge in [-0.2, -0.15) is 5.10 Å². The zero-order valence-corrected chi connectivity index (χ0v) is 9.98. The molecule has 0 unspecified atom stereocenters. The molecule has 0 fully saturated rings. The molecule has 1 aromatic heterocycles. The molecule has 0 aromatic carbocycles. The molecule has 0 aliphatic carbocycles. The van der Waals surface area contributed by atoms with Crippen molar-refractivity contribution in [1.29, 1.82) is 0 Å². The Kier molecular flexibility index (Phi) is 4.17. The van der Waals surface area contributed by atoms with E-state index in [1.807, 2.05) is 0 Å². The normalized spacial score (nSPS) is 11.6. The van der Waals surface area contributed by atoms with Gasteiger partial charge in [-0.25, -0.2) is 13.5 Å². The molecule has 0 atom stereocenters. The number of aliphatic hydroxyl groups is 1. The van der Waals surface area contributed by atoms with Crippen LogP contribution in [0, 0.1) is 10.1 Å². The number of nitro groups is 1. The van der Waals surface area contributed by atoms with Gasteiger partial charge in [0.15, 0.2) is 0 Å². The summed E-state index contributed by atoms with van der Waals surface area (Å²) in [5.74, 6) is -3.44. The Morgan fingerprint density at radius 3 is 2.67 bits per heavy atom. The van der Waals surface area contributed by atoms with Crippen molar-refractivity contribution in [3.8, 4) is 0 Å². The molecule has 0 saturated heterocycles. The number of rotatable bonds is 6. The number of nitrogens with zero attached hydrogens (tertiary/aromatic N) is 3. The van der Waals surface area contributed by atoms with Gasteiger partial charge in [0.25, 0.3) is 5.92 Å². The fourth-order valence-corrected chi connectivity index (χ4v) is 1.47. The minimum Gasteiger partial charge on any atom is -0.390 e. The van der Waals surface area contributed by atoms with Crippen LogP contribution in [-0.2, 0) is 13.5 Å². The smallest absolute Gasteiger partial charge is 0.333 e. The molecule has 1 rings (SSSR count). The quantitative estimate of drug-likeness (QED) is 0.589. The van der Waals surface area contributed by atoms with Crippen molar-refractivity contribution in [3.05, 3.63) is 15.8 Å². The van der Waals surface area contributed by atoms with Gasteiger partial charge in [-0.1, -0.05) is 6.92 Å². The molecule has 102 valence electrons. The SMILES string of the molecule is CCc1nn(C)c(NCC(F)(F)CO)c1[N+](=O)[O-]. The van der Waals surface area contributed by atoms with E-state index in [1.165, 1.54) is 7.05 Å². The number of aryl methyl sites for hydroxylation is 2. The first-order valence-electron chi connectivity index (χ1n) is 5.25. The Balaban J connectivity index is 3.01. The summed E-state index contributed by atoms with van der Waals surface area (Å²) in [6.07, 6.45) is 0.322. The molecule has 0 bridgehead atoms. The third kappa shape index (κ3) is 2.92. The van der Waals surface area contributed by atoms with Crippen LogP contribution in [0.1, 0.15) is 12.6 Å². The van der Waals surface area contributed by atoms with E-state index in [9.17, 15) is 18.9 Å². The average molecular weight is 264 g/mol. The summed E-state index contributed by atoms with van der Waals surface area (Å²) in [6.45, 7) is -0.541. The van der Waals surface area contributed by atoms with Crippen LogP contribution in [0.3, 0.4) is 0 Å². The number of aliphatic hydroxyl groups excluding tert-OH is 1. The summed E-state index contributed by atoms with van der Waals surface area (Å²) >= 11 is 0. The fourth-order valence-electron chi connectivity index (χ4n) is 1.47. The lowest BCUT2D eigenvalue weighted by atomic mass is 10.3. The van der Waals surface area contributed by atoms with E-state index < -0.39 is 24.0 Å². The Morgan fingerprint density at radius 1 is 1.61 bits per heavy atom. The molecule has 18 heavy (non-hydrogen) atoms. The number of anilines is 1. The maximum Gasteiger partial charge on any atom is 0.333 e. The standard InChI is InChI=1S/C9H14F2N4O3/c1-3-6-7(15(17)18)8(14(2)13-6)12-4-9(10,11)5-16/h12,16H,3-5H2,1-2H3. The maximum atomic E-state index is 12.9. The molecular weight excluding hydrogens is 250 g/mol. The van der Waals surface area contributed by atoms with Crippen LogP contribution in [0.25, 0.3) is 0 Å². The van der Waals surface area contributed by atoms with E-state index in [2.05, 4.69) is 10.4 Å². The number of aromatic nitrogens is 2. The topological polar surface area (TPSA) is 93.2 Å². The van der Waals surface area contributed by atoms with Gasteiger partial charge >= 0.3 is 5.69 Å². The van der Waals surface area contributed by atoms with Crippen molar-refractivity contribution in [2.45, 2.75) is 19.3 Å². The lowest BCUT2D eigenvalue weighted by molar-refractivity contribution is -0.384. The number of hydrogen-bond donors (Lipinski definition) is 2. The summed E-state index contributed by atoms with van der Waals surface area (Å²) in [6, 6.07) is 0. The third-order valence-electron chi connectivity index (χ3n) is 2.36. The lowest BCUT2D eigenvalue weighted by Gasteiger charge is -2.14. The highest BCUT2D eigenvalue weighted by molar-refractivity contribution is 5.59. The minimum absolute atomic E-state index is 0.0926. The molecule has 1 heterocycles. The molecule has 0 saturated carbocycles. The van der Waals surface area contributed by atoms with Gasteiger partial charge in [-0.3, -0.25) is 10.1 Å². The number of nitrogens with one attached hydrogen (secondary N) is 1. The Bertz CT molecular complexity index is 447. The van der Waals surface area contributed by atoms with Gasteiger partial charge in [-0.15, -0.1) is 0 Å². The van der Waals surface area contributed by atoms with Gasteiger partial charge in [0.2, 0.25) is 5.82 Å². The van der Waals surface area contributed by atoms with Crippen LogP contribution < -0.4 is 5.32 Å². The van der Waals surface area contributed by atoms with Crippen LogP contribution >= 0.6 is 0 Å². The highest BCUT2D eigenvalue weighted by Crippen LogP contribution is 2.29. The van der Waals surface area contributed by atoms with Gasteiger partial charge in [0.05, 0.1) is 11.5 Å². The van der Waals surface area contributed by atoms with Crippen LogP contribution in [-0.4, -0.2) is 38.9 Å². The number of alkyl halides is 2. The summed E-state index contributed by atoms with van der Waals surface area (Å²) < 4.78 is 26.9. The second-order valence-electron chi connectivity index (χ2n) is 3.75. The van der Waals surface area contributed by atoms with Crippen molar-refractivity contribution >= 4 is 11.5 Å². The van der Waals surface area contributed by atoms with Crippen molar-refractivity contribution in [3.63, 3.8) is 0 Å². The van der Waals surface area contributed by atoms with Crippen LogP contribution in [0.4, 0.5) is 20.3 Å². The van der Waals surface area contributed by atoms with Gasteiger partial charge in [-0.05, 0) is 6.42 Å². The highest BCUT2D eigenvalue weighted by atomic mass is 19.3. The van der Waals surface area contributed by atoms with E-state index >= 15 is 0 Å². The molecular formula is C9H14F2N4O3. The van der Waals surface area contributed by atoms with Crippen molar-refractivity contribution in [2.75, 3.05) is 18.5 Å². The zero-order chi connectivity index (χ0) is 13.9. The molecule has 2 N–H and O–H groups in total. The van der Waals surface area contributed by atoms with E-state index in [1.54, 1.807) is 6.92 Å². The fraction of sp³-hybridized carbons (Fsp3) is 0.667. The molecule has 0 radical (unpaired) electrons. The maximum absolute atomic E-state index is 12.9. The summed E-state index contributed by atoms with van der Waals surface area (Å²) in [7, 11) is 1.42. The van der Waals surface area contributed by atoms with Crippen LogP contribution in [0.5, 0.6) is 0 Å². The van der Waals surface area contributed by atoms with E-state index in [4.69, 9.17) is 5.11 Å². The summed E-state index contributed by atoms with van der Waals surface area (Å²) in [5, 5.41) is 25.4.